The second kappa shape index (κ2) is 6.20. The van der Waals surface area contributed by atoms with Gasteiger partial charge in [-0.1, -0.05) is 19.1 Å². The fourth-order valence-corrected chi connectivity index (χ4v) is 4.68. The number of hydrogen-bond acceptors (Lipinski definition) is 3. The normalized spacial score (nSPS) is 19.7. The second-order valence-electron chi connectivity index (χ2n) is 5.15. The molecule has 1 aromatic carbocycles. The molecule has 0 aliphatic carbocycles. The number of sulfonamides is 1. The van der Waals surface area contributed by atoms with Crippen LogP contribution in [0.5, 0.6) is 0 Å². The minimum Gasteiger partial charge on any atom is -0.315 e. The number of nitrogens with one attached hydrogen (secondary N) is 1. The monoisotopic (exact) mass is 300 g/mol. The summed E-state index contributed by atoms with van der Waals surface area (Å²) in [6.07, 6.45) is 1.48. The van der Waals surface area contributed by atoms with Gasteiger partial charge in [-0.3, -0.25) is 0 Å². The van der Waals surface area contributed by atoms with Crippen molar-refractivity contribution in [1.29, 1.82) is 0 Å². The molecule has 1 heterocycles. The van der Waals surface area contributed by atoms with Gasteiger partial charge in [0.1, 0.15) is 10.7 Å². The highest BCUT2D eigenvalue weighted by Crippen LogP contribution is 2.26. The van der Waals surface area contributed by atoms with E-state index in [2.05, 4.69) is 5.32 Å². The van der Waals surface area contributed by atoms with E-state index in [0.717, 1.165) is 13.0 Å². The van der Waals surface area contributed by atoms with Crippen molar-refractivity contribution in [2.75, 3.05) is 19.6 Å². The summed E-state index contributed by atoms with van der Waals surface area (Å²) in [6.45, 7) is 5.41. The van der Waals surface area contributed by atoms with Crippen LogP contribution in [0.4, 0.5) is 4.39 Å². The van der Waals surface area contributed by atoms with E-state index in [-0.39, 0.29) is 10.9 Å². The van der Waals surface area contributed by atoms with Crippen LogP contribution >= 0.6 is 0 Å². The second-order valence-corrected chi connectivity index (χ2v) is 6.98. The summed E-state index contributed by atoms with van der Waals surface area (Å²) in [7, 11) is -3.79. The Kier molecular flexibility index (Phi) is 4.78. The minimum atomic E-state index is -3.79. The molecule has 2 rings (SSSR count). The molecule has 0 aromatic heterocycles. The lowest BCUT2D eigenvalue weighted by atomic mass is 10.2. The lowest BCUT2D eigenvalue weighted by molar-refractivity contribution is 0.333. The number of halogens is 1. The van der Waals surface area contributed by atoms with E-state index in [4.69, 9.17) is 0 Å². The standard InChI is InChI=1S/C14H21FN2O2S/c1-3-9-17(12-7-8-16-10-12)20(18,19)14-11(2)5-4-6-13(14)15/h4-6,12,16H,3,7-10H2,1-2H3. The first-order valence-corrected chi connectivity index (χ1v) is 8.40. The highest BCUT2D eigenvalue weighted by molar-refractivity contribution is 7.89. The van der Waals surface area contributed by atoms with E-state index >= 15 is 0 Å². The predicted octanol–water partition coefficient (Wildman–Crippen LogP) is 1.90. The van der Waals surface area contributed by atoms with Crippen molar-refractivity contribution in [2.24, 2.45) is 0 Å². The van der Waals surface area contributed by atoms with Gasteiger partial charge in [-0.2, -0.15) is 4.31 Å². The summed E-state index contributed by atoms with van der Waals surface area (Å²) in [5.74, 6) is -0.669. The average molecular weight is 300 g/mol. The summed E-state index contributed by atoms with van der Waals surface area (Å²) < 4.78 is 41.1. The molecular weight excluding hydrogens is 279 g/mol. The number of aryl methyl sites for hydroxylation is 1. The van der Waals surface area contributed by atoms with Gasteiger partial charge >= 0.3 is 0 Å². The van der Waals surface area contributed by atoms with Gasteiger partial charge in [0.25, 0.3) is 0 Å². The Hall–Kier alpha value is -0.980. The van der Waals surface area contributed by atoms with Crippen molar-refractivity contribution in [3.63, 3.8) is 0 Å². The lowest BCUT2D eigenvalue weighted by Gasteiger charge is -2.28. The van der Waals surface area contributed by atoms with Crippen LogP contribution in [-0.2, 0) is 10.0 Å². The van der Waals surface area contributed by atoms with Gasteiger partial charge in [0, 0.05) is 19.1 Å². The molecule has 1 fully saturated rings. The molecule has 1 aliphatic rings. The molecule has 112 valence electrons. The summed E-state index contributed by atoms with van der Waals surface area (Å²) >= 11 is 0. The van der Waals surface area contributed by atoms with Crippen molar-refractivity contribution in [1.82, 2.24) is 9.62 Å². The number of rotatable bonds is 5. The topological polar surface area (TPSA) is 49.4 Å². The Balaban J connectivity index is 2.45. The predicted molar refractivity (Wildman–Crippen MR) is 76.6 cm³/mol. The largest absolute Gasteiger partial charge is 0.315 e. The molecule has 1 aromatic rings. The molecule has 1 N–H and O–H groups in total. The third kappa shape index (κ3) is 2.87. The lowest BCUT2D eigenvalue weighted by Crippen LogP contribution is -2.42. The van der Waals surface area contributed by atoms with Gasteiger partial charge in [-0.05, 0) is 37.9 Å². The Bertz CT molecular complexity index is 548. The molecular formula is C14H21FN2O2S. The number of hydrogen-bond donors (Lipinski definition) is 1. The van der Waals surface area contributed by atoms with Gasteiger partial charge in [0.2, 0.25) is 10.0 Å². The molecule has 6 heteroatoms. The fraction of sp³-hybridized carbons (Fsp3) is 0.571. The van der Waals surface area contributed by atoms with Gasteiger partial charge < -0.3 is 5.32 Å². The maximum Gasteiger partial charge on any atom is 0.246 e. The van der Waals surface area contributed by atoms with E-state index in [0.29, 0.717) is 25.1 Å². The van der Waals surface area contributed by atoms with Crippen LogP contribution < -0.4 is 5.32 Å². The maximum absolute atomic E-state index is 14.0. The zero-order valence-corrected chi connectivity index (χ0v) is 12.7. The molecule has 0 bridgehead atoms. The molecule has 1 atom stereocenters. The highest BCUT2D eigenvalue weighted by Gasteiger charge is 2.35. The van der Waals surface area contributed by atoms with Crippen LogP contribution in [0.15, 0.2) is 23.1 Å². The van der Waals surface area contributed by atoms with Gasteiger partial charge in [0.15, 0.2) is 0 Å². The molecule has 0 saturated carbocycles. The average Bonchev–Trinajstić information content (AvgIpc) is 2.88. The third-order valence-electron chi connectivity index (χ3n) is 3.62. The van der Waals surface area contributed by atoms with Crippen LogP contribution in [0.25, 0.3) is 0 Å². The Morgan fingerprint density at radius 3 is 2.75 bits per heavy atom. The van der Waals surface area contributed by atoms with Gasteiger partial charge in [0.05, 0.1) is 0 Å². The highest BCUT2D eigenvalue weighted by atomic mass is 32.2. The summed E-state index contributed by atoms with van der Waals surface area (Å²) in [4.78, 5) is -0.180. The van der Waals surface area contributed by atoms with E-state index in [1.54, 1.807) is 13.0 Å². The molecule has 0 radical (unpaired) electrons. The molecule has 1 saturated heterocycles. The van der Waals surface area contributed by atoms with E-state index in [1.165, 1.54) is 16.4 Å². The molecule has 4 nitrogen and oxygen atoms in total. The van der Waals surface area contributed by atoms with E-state index in [1.807, 2.05) is 6.92 Å². The van der Waals surface area contributed by atoms with Crippen molar-refractivity contribution in [2.45, 2.75) is 37.6 Å². The molecule has 0 amide bonds. The maximum atomic E-state index is 14.0. The summed E-state index contributed by atoms with van der Waals surface area (Å²) in [5.41, 5.74) is 0.456. The van der Waals surface area contributed by atoms with Crippen molar-refractivity contribution in [3.05, 3.63) is 29.6 Å². The first-order chi connectivity index (χ1) is 9.48. The number of nitrogens with zero attached hydrogens (tertiary/aromatic N) is 1. The Morgan fingerprint density at radius 1 is 1.45 bits per heavy atom. The van der Waals surface area contributed by atoms with Gasteiger partial charge in [-0.25, -0.2) is 12.8 Å². The molecule has 1 aliphatic heterocycles. The van der Waals surface area contributed by atoms with Crippen LogP contribution in [0.2, 0.25) is 0 Å². The molecule has 20 heavy (non-hydrogen) atoms. The summed E-state index contributed by atoms with van der Waals surface area (Å²) in [6, 6.07) is 4.29. The zero-order chi connectivity index (χ0) is 14.8. The van der Waals surface area contributed by atoms with Crippen LogP contribution in [0, 0.1) is 12.7 Å². The van der Waals surface area contributed by atoms with Gasteiger partial charge in [-0.15, -0.1) is 0 Å². The smallest absolute Gasteiger partial charge is 0.246 e. The quantitative estimate of drug-likeness (QED) is 0.903. The first-order valence-electron chi connectivity index (χ1n) is 6.96. The molecule has 1 unspecified atom stereocenters. The van der Waals surface area contributed by atoms with Crippen LogP contribution in [-0.4, -0.2) is 38.4 Å². The van der Waals surface area contributed by atoms with Crippen LogP contribution in [0.3, 0.4) is 0 Å². The Labute approximate surface area is 120 Å². The van der Waals surface area contributed by atoms with E-state index < -0.39 is 15.8 Å². The van der Waals surface area contributed by atoms with Crippen LogP contribution in [0.1, 0.15) is 25.3 Å². The van der Waals surface area contributed by atoms with Crippen molar-refractivity contribution < 1.29 is 12.8 Å². The minimum absolute atomic E-state index is 0.0843. The first kappa shape index (κ1) is 15.4. The van der Waals surface area contributed by atoms with Crippen molar-refractivity contribution in [3.8, 4) is 0 Å². The SMILES string of the molecule is CCCN(C1CCNC1)S(=O)(=O)c1c(C)cccc1F. The molecule has 0 spiro atoms. The zero-order valence-electron chi connectivity index (χ0n) is 11.9. The third-order valence-corrected chi connectivity index (χ3v) is 5.75. The number of benzene rings is 1. The van der Waals surface area contributed by atoms with Crippen molar-refractivity contribution >= 4 is 10.0 Å². The summed E-state index contributed by atoms with van der Waals surface area (Å²) in [5, 5.41) is 3.16. The Morgan fingerprint density at radius 2 is 2.20 bits per heavy atom. The fourth-order valence-electron chi connectivity index (χ4n) is 2.67. The van der Waals surface area contributed by atoms with E-state index in [9.17, 15) is 12.8 Å².